The van der Waals surface area contributed by atoms with Crippen molar-refractivity contribution >= 4 is 11.8 Å². The molecule has 0 aromatic heterocycles. The molecular weight excluding hydrogens is 244 g/mol. The molecule has 0 bridgehead atoms. The van der Waals surface area contributed by atoms with Gasteiger partial charge in [-0.05, 0) is 24.8 Å². The van der Waals surface area contributed by atoms with E-state index in [1.807, 2.05) is 30.3 Å². The lowest BCUT2D eigenvalue weighted by Crippen LogP contribution is -2.32. The van der Waals surface area contributed by atoms with E-state index in [4.69, 9.17) is 9.47 Å². The van der Waals surface area contributed by atoms with Crippen molar-refractivity contribution in [3.05, 3.63) is 35.9 Å². The molecule has 0 N–H and O–H groups in total. The second-order valence-electron chi connectivity index (χ2n) is 5.10. The highest BCUT2D eigenvalue weighted by Crippen LogP contribution is 2.41. The quantitative estimate of drug-likeness (QED) is 0.471. The Labute approximate surface area is 111 Å². The molecule has 1 aliphatic heterocycles. The maximum atomic E-state index is 12.0. The van der Waals surface area contributed by atoms with Crippen LogP contribution in [0.15, 0.2) is 30.3 Å². The van der Waals surface area contributed by atoms with E-state index in [0.29, 0.717) is 0 Å². The Morgan fingerprint density at radius 3 is 2.79 bits per heavy atom. The molecule has 0 amide bonds. The van der Waals surface area contributed by atoms with Gasteiger partial charge in [0.25, 0.3) is 0 Å². The molecule has 2 aliphatic rings. The zero-order chi connectivity index (χ0) is 13.2. The predicted octanol–water partition coefficient (Wildman–Crippen LogP) is 1.87. The molecule has 4 heteroatoms. The van der Waals surface area contributed by atoms with E-state index in [-0.39, 0.29) is 24.7 Å². The number of esters is 1. The summed E-state index contributed by atoms with van der Waals surface area (Å²) in [5.41, 5.74) is 0.882. The first-order chi connectivity index (χ1) is 9.25. The first kappa shape index (κ1) is 12.4. The van der Waals surface area contributed by atoms with Crippen LogP contribution in [0.3, 0.4) is 0 Å². The van der Waals surface area contributed by atoms with E-state index in [2.05, 4.69) is 0 Å². The Kier molecular flexibility index (Phi) is 3.34. The largest absolute Gasteiger partial charge is 0.455 e. The predicted molar refractivity (Wildman–Crippen MR) is 67.2 cm³/mol. The van der Waals surface area contributed by atoms with Gasteiger partial charge in [0.15, 0.2) is 0 Å². The fourth-order valence-electron chi connectivity index (χ4n) is 2.67. The number of epoxide rings is 1. The Bertz CT molecular complexity index is 482. The summed E-state index contributed by atoms with van der Waals surface area (Å²) in [5.74, 6) is -1.45. The van der Waals surface area contributed by atoms with Crippen molar-refractivity contribution in [2.45, 2.75) is 38.1 Å². The minimum absolute atomic E-state index is 0.0366. The van der Waals surface area contributed by atoms with Crippen LogP contribution in [0.25, 0.3) is 0 Å². The topological polar surface area (TPSA) is 55.9 Å². The monoisotopic (exact) mass is 260 g/mol. The number of benzene rings is 1. The highest BCUT2D eigenvalue weighted by atomic mass is 16.6. The van der Waals surface area contributed by atoms with Gasteiger partial charge in [0.05, 0.1) is 18.1 Å². The first-order valence-corrected chi connectivity index (χ1v) is 6.66. The average Bonchev–Trinajstić information content (AvgIpc) is 3.24. The van der Waals surface area contributed by atoms with Gasteiger partial charge in [0, 0.05) is 0 Å². The molecule has 1 saturated carbocycles. The van der Waals surface area contributed by atoms with Crippen molar-refractivity contribution in [1.29, 1.82) is 0 Å². The van der Waals surface area contributed by atoms with Crippen LogP contribution in [0.2, 0.25) is 0 Å². The lowest BCUT2D eigenvalue weighted by molar-refractivity contribution is -0.157. The summed E-state index contributed by atoms with van der Waals surface area (Å²) in [5, 5.41) is 0. The summed E-state index contributed by atoms with van der Waals surface area (Å²) in [6, 6.07) is 9.35. The van der Waals surface area contributed by atoms with E-state index in [1.165, 1.54) is 0 Å². The minimum Gasteiger partial charge on any atom is -0.455 e. The van der Waals surface area contributed by atoms with Gasteiger partial charge in [-0.3, -0.25) is 4.79 Å². The molecule has 19 heavy (non-hydrogen) atoms. The van der Waals surface area contributed by atoms with Gasteiger partial charge in [-0.2, -0.15) is 0 Å². The molecule has 0 unspecified atom stereocenters. The van der Waals surface area contributed by atoms with Crippen molar-refractivity contribution in [3.8, 4) is 0 Å². The summed E-state index contributed by atoms with van der Waals surface area (Å²) >= 11 is 0. The van der Waals surface area contributed by atoms with Gasteiger partial charge in [-0.25, -0.2) is 4.79 Å². The molecule has 1 saturated heterocycles. The smallest absolute Gasteiger partial charge is 0.375 e. The Morgan fingerprint density at radius 1 is 1.21 bits per heavy atom. The van der Waals surface area contributed by atoms with Crippen molar-refractivity contribution in [3.63, 3.8) is 0 Å². The normalized spacial score (nSPS) is 28.3. The average molecular weight is 260 g/mol. The molecule has 4 nitrogen and oxygen atoms in total. The first-order valence-electron chi connectivity index (χ1n) is 6.66. The lowest BCUT2D eigenvalue weighted by atomic mass is 9.86. The summed E-state index contributed by atoms with van der Waals surface area (Å²) in [7, 11) is 0. The van der Waals surface area contributed by atoms with Crippen molar-refractivity contribution in [1.82, 2.24) is 0 Å². The van der Waals surface area contributed by atoms with E-state index in [9.17, 15) is 9.59 Å². The summed E-state index contributed by atoms with van der Waals surface area (Å²) in [6.07, 6.45) is 2.85. The number of Topliss-reactive ketones (excluding diaryl/α,β-unsaturated/α-hetero) is 1. The Morgan fingerprint density at radius 2 is 2.00 bits per heavy atom. The van der Waals surface area contributed by atoms with Crippen LogP contribution in [0, 0.1) is 5.92 Å². The zero-order valence-electron chi connectivity index (χ0n) is 10.6. The molecule has 1 aromatic carbocycles. The molecule has 2 fully saturated rings. The number of hydrogen-bond acceptors (Lipinski definition) is 4. The number of rotatable bonds is 4. The maximum Gasteiger partial charge on any atom is 0.375 e. The van der Waals surface area contributed by atoms with E-state index < -0.39 is 11.8 Å². The highest BCUT2D eigenvalue weighted by molar-refractivity contribution is 6.34. The third kappa shape index (κ3) is 2.68. The molecule has 0 spiro atoms. The molecule has 3 atom stereocenters. The molecule has 0 radical (unpaired) electrons. The number of carbonyl (C=O) groups is 2. The third-order valence-electron chi connectivity index (χ3n) is 3.77. The summed E-state index contributed by atoms with van der Waals surface area (Å²) < 4.78 is 10.5. The van der Waals surface area contributed by atoms with Gasteiger partial charge in [-0.1, -0.05) is 30.3 Å². The second-order valence-corrected chi connectivity index (χ2v) is 5.10. The van der Waals surface area contributed by atoms with Crippen LogP contribution < -0.4 is 0 Å². The van der Waals surface area contributed by atoms with Crippen LogP contribution in [0.5, 0.6) is 0 Å². The molecular formula is C15H16O4. The van der Waals surface area contributed by atoms with Gasteiger partial charge in [0.2, 0.25) is 5.78 Å². The number of hydrogen-bond donors (Lipinski definition) is 0. The minimum atomic E-state index is -0.731. The molecule has 1 heterocycles. The van der Waals surface area contributed by atoms with Crippen LogP contribution in [-0.2, 0) is 25.7 Å². The van der Waals surface area contributed by atoms with Gasteiger partial charge in [-0.15, -0.1) is 0 Å². The highest BCUT2D eigenvalue weighted by Gasteiger charge is 2.51. The SMILES string of the molecule is O=C(OCc1ccccc1)C(=O)[C@@H]1CCC[C@@H]2O[C@@H]21. The van der Waals surface area contributed by atoms with E-state index in [1.54, 1.807) is 0 Å². The van der Waals surface area contributed by atoms with Crippen molar-refractivity contribution in [2.24, 2.45) is 5.92 Å². The van der Waals surface area contributed by atoms with Crippen molar-refractivity contribution < 1.29 is 19.1 Å². The Balaban J connectivity index is 1.54. The fourth-order valence-corrected chi connectivity index (χ4v) is 2.67. The van der Waals surface area contributed by atoms with Crippen LogP contribution in [-0.4, -0.2) is 24.0 Å². The molecule has 100 valence electrons. The van der Waals surface area contributed by atoms with Crippen LogP contribution in [0.4, 0.5) is 0 Å². The van der Waals surface area contributed by atoms with E-state index in [0.717, 1.165) is 24.8 Å². The fraction of sp³-hybridized carbons (Fsp3) is 0.467. The zero-order valence-corrected chi connectivity index (χ0v) is 10.6. The number of fused-ring (bicyclic) bond motifs is 1. The van der Waals surface area contributed by atoms with Gasteiger partial charge >= 0.3 is 5.97 Å². The van der Waals surface area contributed by atoms with Crippen LogP contribution >= 0.6 is 0 Å². The third-order valence-corrected chi connectivity index (χ3v) is 3.77. The summed E-state index contributed by atoms with van der Waals surface area (Å²) in [6.45, 7) is 0.146. The molecule has 1 aliphatic carbocycles. The van der Waals surface area contributed by atoms with Crippen molar-refractivity contribution in [2.75, 3.05) is 0 Å². The lowest BCUT2D eigenvalue weighted by Gasteiger charge is -2.15. The Hall–Kier alpha value is -1.68. The van der Waals surface area contributed by atoms with Crippen LogP contribution in [0.1, 0.15) is 24.8 Å². The maximum absolute atomic E-state index is 12.0. The molecule has 1 aromatic rings. The van der Waals surface area contributed by atoms with E-state index >= 15 is 0 Å². The van der Waals surface area contributed by atoms with Gasteiger partial charge < -0.3 is 9.47 Å². The molecule has 3 rings (SSSR count). The van der Waals surface area contributed by atoms with Gasteiger partial charge in [0.1, 0.15) is 6.61 Å². The standard InChI is InChI=1S/C15H16O4/c16-13(11-7-4-8-12-14(11)19-12)15(17)18-9-10-5-2-1-3-6-10/h1-3,5-6,11-12,14H,4,7-9H2/t11-,12-,14+/m0/s1. The second kappa shape index (κ2) is 5.13. The number of ether oxygens (including phenoxy) is 2. The summed E-state index contributed by atoms with van der Waals surface area (Å²) in [4.78, 5) is 23.8. The number of carbonyl (C=O) groups excluding carboxylic acids is 2. The number of ketones is 1.